The number of aliphatic hydroxyl groups excluding tert-OH is 10. The molecular weight excluding hydrogens is 865 g/mol. The molecule has 0 bridgehead atoms. The molecule has 8 aliphatic rings. The molecule has 18 heteroatoms. The van der Waals surface area contributed by atoms with E-state index in [0.717, 1.165) is 38.5 Å². The fourth-order valence-corrected chi connectivity index (χ4v) is 15.1. The lowest BCUT2D eigenvalue weighted by Gasteiger charge is -2.71. The van der Waals surface area contributed by atoms with Crippen LogP contribution in [0.15, 0.2) is 11.6 Å². The van der Waals surface area contributed by atoms with Gasteiger partial charge in [-0.2, -0.15) is 0 Å². The molecule has 3 aliphatic heterocycles. The predicted octanol–water partition coefficient (Wildman–Crippen LogP) is 0.706. The SMILES string of the molecule is CC1OC(OC2C(OC3CCC4(C)C(CCC5(C)C4CC=C4C6CC(C)(C)CCC6(C(=O)O)CCC45C)C3(C)CO)OC(CO)C(O)C2OC2OC(CO)C(O)C(O)C2O)C(O)C(O)C1O. The van der Waals surface area contributed by atoms with Crippen LogP contribution in [0.2, 0.25) is 0 Å². The van der Waals surface area contributed by atoms with Gasteiger partial charge in [0, 0.05) is 5.41 Å². The third-order valence-corrected chi connectivity index (χ3v) is 19.5. The fraction of sp³-hybridized carbons (Fsp3) is 0.938. The molecule has 0 aromatic carbocycles. The number of rotatable bonds is 10. The molecule has 11 N–H and O–H groups in total. The van der Waals surface area contributed by atoms with Gasteiger partial charge in [0.2, 0.25) is 0 Å². The quantitative estimate of drug-likeness (QED) is 0.106. The number of aliphatic hydroxyl groups is 10. The number of allylic oxidation sites excluding steroid dienone is 2. The summed E-state index contributed by atoms with van der Waals surface area (Å²) in [4.78, 5) is 13.2. The summed E-state index contributed by atoms with van der Waals surface area (Å²) in [7, 11) is 0. The number of hydrogen-bond acceptors (Lipinski definition) is 17. The second-order valence-corrected chi connectivity index (χ2v) is 23.3. The van der Waals surface area contributed by atoms with Gasteiger partial charge in [0.1, 0.15) is 67.1 Å². The smallest absolute Gasteiger partial charge is 0.310 e. The largest absolute Gasteiger partial charge is 0.481 e. The van der Waals surface area contributed by atoms with Crippen LogP contribution in [0.25, 0.3) is 0 Å². The van der Waals surface area contributed by atoms with Crippen molar-refractivity contribution in [1.29, 1.82) is 0 Å². The van der Waals surface area contributed by atoms with Gasteiger partial charge >= 0.3 is 5.97 Å². The summed E-state index contributed by atoms with van der Waals surface area (Å²) in [5.74, 6) is -0.602. The molecule has 0 aromatic rings. The van der Waals surface area contributed by atoms with Crippen LogP contribution in [-0.4, -0.2) is 180 Å². The Kier molecular flexibility index (Phi) is 13.9. The molecule has 3 saturated heterocycles. The molecule has 18 nitrogen and oxygen atoms in total. The van der Waals surface area contributed by atoms with E-state index in [4.69, 9.17) is 28.4 Å². The Bertz CT molecular complexity index is 1800. The number of carboxylic acid groups (broad SMARTS) is 1. The first kappa shape index (κ1) is 50.9. The molecule has 24 unspecified atom stereocenters. The first-order chi connectivity index (χ1) is 30.9. The van der Waals surface area contributed by atoms with Crippen molar-refractivity contribution in [3.8, 4) is 0 Å². The van der Waals surface area contributed by atoms with Crippen LogP contribution in [0.4, 0.5) is 0 Å². The van der Waals surface area contributed by atoms with Gasteiger partial charge in [0.25, 0.3) is 0 Å². The molecule has 66 heavy (non-hydrogen) atoms. The van der Waals surface area contributed by atoms with Crippen molar-refractivity contribution in [2.75, 3.05) is 19.8 Å². The zero-order valence-electron chi connectivity index (χ0n) is 39.5. The normalized spacial score (nSPS) is 54.8. The van der Waals surface area contributed by atoms with E-state index in [1.807, 2.05) is 6.92 Å². The minimum atomic E-state index is -1.90. The molecule has 7 fully saturated rings. The summed E-state index contributed by atoms with van der Waals surface area (Å²) in [6.45, 7) is 13.3. The standard InChI is InChI=1S/C48H78O18/c1-22-30(52)33(55)35(57)39(61-22)66-38-37(65-40-36(58)34(56)31(53)25(19-49)62-40)32(54)26(20-50)63-41(38)64-29-11-12-44(4)27(45(29,5)21-51)10-13-47(7)28(44)9-8-23-24-18-43(2,3)14-16-48(24,42(59)60)17-15-46(23,47)6/h8,22,24-41,49-58H,9-21H2,1-7H3,(H,59,60). The maximum Gasteiger partial charge on any atom is 0.310 e. The number of hydrogen-bond donors (Lipinski definition) is 11. The van der Waals surface area contributed by atoms with Crippen LogP contribution in [0.3, 0.4) is 0 Å². The van der Waals surface area contributed by atoms with Crippen LogP contribution in [-0.2, 0) is 33.2 Å². The van der Waals surface area contributed by atoms with E-state index in [1.54, 1.807) is 0 Å². The number of carboxylic acids is 1. The average Bonchev–Trinajstić information content (AvgIpc) is 3.27. The lowest BCUT2D eigenvalue weighted by molar-refractivity contribution is -0.399. The summed E-state index contributed by atoms with van der Waals surface area (Å²) in [6.07, 6.45) is -15.3. The summed E-state index contributed by atoms with van der Waals surface area (Å²) in [5, 5.41) is 119. The summed E-state index contributed by atoms with van der Waals surface area (Å²) < 4.78 is 37.1. The molecule has 0 amide bonds. The third kappa shape index (κ3) is 7.78. The van der Waals surface area contributed by atoms with Crippen molar-refractivity contribution in [3.05, 3.63) is 11.6 Å². The lowest BCUT2D eigenvalue weighted by atomic mass is 9.33. The molecule has 5 aliphatic carbocycles. The maximum atomic E-state index is 13.2. The van der Waals surface area contributed by atoms with Crippen molar-refractivity contribution in [3.63, 3.8) is 0 Å². The Hall–Kier alpha value is -1.43. The van der Waals surface area contributed by atoms with Gasteiger partial charge in [-0.25, -0.2) is 0 Å². The van der Waals surface area contributed by atoms with Gasteiger partial charge in [-0.05, 0) is 111 Å². The number of carbonyl (C=O) groups is 1. The Balaban J connectivity index is 1.11. The molecule has 3 heterocycles. The van der Waals surface area contributed by atoms with Crippen LogP contribution in [0.1, 0.15) is 113 Å². The van der Waals surface area contributed by atoms with Gasteiger partial charge < -0.3 is 84.6 Å². The highest BCUT2D eigenvalue weighted by molar-refractivity contribution is 5.76. The van der Waals surface area contributed by atoms with E-state index in [0.29, 0.717) is 25.7 Å². The molecule has 24 atom stereocenters. The first-order valence-corrected chi connectivity index (χ1v) is 24.3. The highest BCUT2D eigenvalue weighted by Crippen LogP contribution is 2.76. The van der Waals surface area contributed by atoms with Crippen molar-refractivity contribution < 1.29 is 89.4 Å². The highest BCUT2D eigenvalue weighted by Gasteiger charge is 2.70. The van der Waals surface area contributed by atoms with Gasteiger partial charge in [0.15, 0.2) is 18.9 Å². The Morgan fingerprint density at radius 1 is 0.652 bits per heavy atom. The monoisotopic (exact) mass is 943 g/mol. The molecule has 0 aromatic heterocycles. The predicted molar refractivity (Wildman–Crippen MR) is 231 cm³/mol. The van der Waals surface area contributed by atoms with Crippen LogP contribution in [0, 0.1) is 50.2 Å². The third-order valence-electron chi connectivity index (χ3n) is 19.5. The highest BCUT2D eigenvalue weighted by atomic mass is 16.8. The van der Waals surface area contributed by atoms with Crippen LogP contribution < -0.4 is 0 Å². The van der Waals surface area contributed by atoms with E-state index < -0.39 is 128 Å². The molecular formula is C48H78O18. The zero-order valence-corrected chi connectivity index (χ0v) is 39.5. The first-order valence-electron chi connectivity index (χ1n) is 24.3. The second kappa shape index (κ2) is 18.0. The zero-order chi connectivity index (χ0) is 48.3. The number of ether oxygens (including phenoxy) is 6. The summed E-state index contributed by atoms with van der Waals surface area (Å²) in [5.41, 5.74) is -1.01. The summed E-state index contributed by atoms with van der Waals surface area (Å²) >= 11 is 0. The van der Waals surface area contributed by atoms with Crippen molar-refractivity contribution in [1.82, 2.24) is 0 Å². The van der Waals surface area contributed by atoms with E-state index >= 15 is 0 Å². The van der Waals surface area contributed by atoms with Crippen LogP contribution in [0.5, 0.6) is 0 Å². The number of fused-ring (bicyclic) bond motifs is 7. The second-order valence-electron chi connectivity index (χ2n) is 23.3. The molecule has 0 spiro atoms. The van der Waals surface area contributed by atoms with E-state index in [-0.39, 0.29) is 46.0 Å². The van der Waals surface area contributed by atoms with Gasteiger partial charge in [-0.15, -0.1) is 0 Å². The molecule has 4 saturated carbocycles. The van der Waals surface area contributed by atoms with Gasteiger partial charge in [-0.3, -0.25) is 4.79 Å². The Morgan fingerprint density at radius 2 is 1.24 bits per heavy atom. The van der Waals surface area contributed by atoms with E-state index in [9.17, 15) is 61.0 Å². The minimum absolute atomic E-state index is 0.0320. The van der Waals surface area contributed by atoms with Crippen molar-refractivity contribution in [2.45, 2.75) is 211 Å². The van der Waals surface area contributed by atoms with Crippen molar-refractivity contribution in [2.24, 2.45) is 50.2 Å². The topological polar surface area (TPSA) is 295 Å². The maximum absolute atomic E-state index is 13.2. The number of aliphatic carboxylic acids is 1. The Labute approximate surface area is 387 Å². The lowest BCUT2D eigenvalue weighted by Crippen LogP contribution is -2.68. The van der Waals surface area contributed by atoms with Crippen LogP contribution >= 0.6 is 0 Å². The fourth-order valence-electron chi connectivity index (χ4n) is 15.1. The Morgan fingerprint density at radius 3 is 1.88 bits per heavy atom. The van der Waals surface area contributed by atoms with Gasteiger partial charge in [-0.1, -0.05) is 53.2 Å². The summed E-state index contributed by atoms with van der Waals surface area (Å²) in [6, 6.07) is 0. The molecule has 0 radical (unpaired) electrons. The average molecular weight is 943 g/mol. The van der Waals surface area contributed by atoms with E-state index in [2.05, 4.69) is 40.7 Å². The van der Waals surface area contributed by atoms with Gasteiger partial charge in [0.05, 0.1) is 37.4 Å². The molecule has 378 valence electrons. The molecule has 8 rings (SSSR count). The van der Waals surface area contributed by atoms with E-state index in [1.165, 1.54) is 12.5 Å². The minimum Gasteiger partial charge on any atom is -0.481 e. The van der Waals surface area contributed by atoms with Crippen molar-refractivity contribution >= 4 is 5.97 Å².